The molecule has 16 heavy (non-hydrogen) atoms. The minimum absolute atomic E-state index is 0.473. The van der Waals surface area contributed by atoms with Crippen LogP contribution in [0, 0.1) is 6.92 Å². The van der Waals surface area contributed by atoms with E-state index >= 15 is 0 Å². The van der Waals surface area contributed by atoms with Gasteiger partial charge >= 0.3 is 0 Å². The van der Waals surface area contributed by atoms with Crippen molar-refractivity contribution < 1.29 is 0 Å². The van der Waals surface area contributed by atoms with Crippen LogP contribution in [0.3, 0.4) is 0 Å². The molecule has 84 valence electrons. The molecule has 0 aliphatic rings. The van der Waals surface area contributed by atoms with E-state index in [1.807, 2.05) is 18.9 Å². The fraction of sp³-hybridized carbons (Fsp3) is 0.300. The lowest BCUT2D eigenvalue weighted by atomic mass is 10.2. The summed E-state index contributed by atoms with van der Waals surface area (Å²) in [6.07, 6.45) is 3.45. The van der Waals surface area contributed by atoms with Crippen molar-refractivity contribution in [2.24, 2.45) is 0 Å². The van der Waals surface area contributed by atoms with E-state index in [2.05, 4.69) is 20.2 Å². The highest BCUT2D eigenvalue weighted by molar-refractivity contribution is 5.37. The first-order valence-electron chi connectivity index (χ1n) is 4.95. The SMILES string of the molecule is Cc1[nH]ncc1CN(C)c1nccc(N)n1. The minimum Gasteiger partial charge on any atom is -0.384 e. The van der Waals surface area contributed by atoms with Crippen molar-refractivity contribution in [3.63, 3.8) is 0 Å². The van der Waals surface area contributed by atoms with Crippen molar-refractivity contribution in [1.82, 2.24) is 20.2 Å². The summed E-state index contributed by atoms with van der Waals surface area (Å²) in [4.78, 5) is 10.2. The highest BCUT2D eigenvalue weighted by Crippen LogP contribution is 2.12. The second-order valence-electron chi connectivity index (χ2n) is 3.66. The number of nitrogens with two attached hydrogens (primary N) is 1. The van der Waals surface area contributed by atoms with Crippen LogP contribution in [0.1, 0.15) is 11.3 Å². The summed E-state index contributed by atoms with van der Waals surface area (Å²) in [6, 6.07) is 1.67. The zero-order valence-electron chi connectivity index (χ0n) is 9.31. The molecule has 2 aromatic heterocycles. The molecule has 2 heterocycles. The second kappa shape index (κ2) is 4.18. The van der Waals surface area contributed by atoms with Gasteiger partial charge in [0.05, 0.1) is 6.20 Å². The molecule has 3 N–H and O–H groups in total. The first kappa shape index (κ1) is 10.4. The Morgan fingerprint density at radius 3 is 2.94 bits per heavy atom. The van der Waals surface area contributed by atoms with Crippen LogP contribution in [-0.4, -0.2) is 27.2 Å². The number of nitrogen functional groups attached to an aromatic ring is 1. The number of nitrogens with zero attached hydrogens (tertiary/aromatic N) is 4. The number of anilines is 2. The normalized spacial score (nSPS) is 10.4. The number of nitrogens with one attached hydrogen (secondary N) is 1. The molecule has 0 spiro atoms. The zero-order chi connectivity index (χ0) is 11.5. The number of hydrogen-bond donors (Lipinski definition) is 2. The zero-order valence-corrected chi connectivity index (χ0v) is 9.31. The maximum absolute atomic E-state index is 5.60. The predicted molar refractivity (Wildman–Crippen MR) is 61.9 cm³/mol. The highest BCUT2D eigenvalue weighted by Gasteiger charge is 2.08. The molecule has 0 amide bonds. The lowest BCUT2D eigenvalue weighted by Gasteiger charge is -2.16. The van der Waals surface area contributed by atoms with E-state index in [9.17, 15) is 0 Å². The molecule has 0 unspecified atom stereocenters. The van der Waals surface area contributed by atoms with Gasteiger partial charge in [-0.2, -0.15) is 10.1 Å². The molecular formula is C10H14N6. The number of H-pyrrole nitrogens is 1. The number of hydrogen-bond acceptors (Lipinski definition) is 5. The molecule has 6 nitrogen and oxygen atoms in total. The first-order chi connectivity index (χ1) is 7.66. The summed E-state index contributed by atoms with van der Waals surface area (Å²) in [5.41, 5.74) is 7.77. The Balaban J connectivity index is 2.14. The molecule has 0 saturated heterocycles. The average Bonchev–Trinajstić information content (AvgIpc) is 2.64. The maximum Gasteiger partial charge on any atom is 0.227 e. The molecule has 2 rings (SSSR count). The smallest absolute Gasteiger partial charge is 0.227 e. The molecule has 0 aliphatic carbocycles. The molecule has 0 aromatic carbocycles. The van der Waals surface area contributed by atoms with E-state index in [1.54, 1.807) is 18.5 Å². The number of aromatic amines is 1. The molecular weight excluding hydrogens is 204 g/mol. The predicted octanol–water partition coefficient (Wildman–Crippen LogP) is 0.727. The quantitative estimate of drug-likeness (QED) is 0.793. The average molecular weight is 218 g/mol. The topological polar surface area (TPSA) is 83.7 Å². The molecule has 6 heteroatoms. The fourth-order valence-electron chi connectivity index (χ4n) is 1.41. The third kappa shape index (κ3) is 2.10. The van der Waals surface area contributed by atoms with Gasteiger partial charge < -0.3 is 10.6 Å². The van der Waals surface area contributed by atoms with Crippen LogP contribution in [0.2, 0.25) is 0 Å². The van der Waals surface area contributed by atoms with Crippen LogP contribution in [0.5, 0.6) is 0 Å². The Morgan fingerprint density at radius 2 is 2.31 bits per heavy atom. The van der Waals surface area contributed by atoms with E-state index in [1.165, 1.54) is 0 Å². The van der Waals surface area contributed by atoms with Gasteiger partial charge in [0, 0.05) is 31.0 Å². The fourth-order valence-corrected chi connectivity index (χ4v) is 1.41. The van der Waals surface area contributed by atoms with Gasteiger partial charge in [0.2, 0.25) is 5.95 Å². The van der Waals surface area contributed by atoms with Crippen LogP contribution >= 0.6 is 0 Å². The summed E-state index contributed by atoms with van der Waals surface area (Å²) in [6.45, 7) is 2.68. The van der Waals surface area contributed by atoms with Crippen LogP contribution in [0.25, 0.3) is 0 Å². The van der Waals surface area contributed by atoms with Crippen molar-refractivity contribution in [1.29, 1.82) is 0 Å². The number of aryl methyl sites for hydroxylation is 1. The van der Waals surface area contributed by atoms with E-state index in [0.29, 0.717) is 18.3 Å². The molecule has 0 bridgehead atoms. The minimum atomic E-state index is 0.473. The Kier molecular flexibility index (Phi) is 2.72. The lowest BCUT2D eigenvalue weighted by molar-refractivity contribution is 0.863. The molecule has 0 fully saturated rings. The summed E-state index contributed by atoms with van der Waals surface area (Å²) >= 11 is 0. The van der Waals surface area contributed by atoms with Crippen molar-refractivity contribution >= 4 is 11.8 Å². The van der Waals surface area contributed by atoms with Gasteiger partial charge in [0.15, 0.2) is 0 Å². The largest absolute Gasteiger partial charge is 0.384 e. The molecule has 0 saturated carbocycles. The molecule has 0 aliphatic heterocycles. The first-order valence-corrected chi connectivity index (χ1v) is 4.95. The van der Waals surface area contributed by atoms with Crippen LogP contribution in [-0.2, 0) is 6.54 Å². The molecule has 0 atom stereocenters. The van der Waals surface area contributed by atoms with Crippen LogP contribution < -0.4 is 10.6 Å². The van der Waals surface area contributed by atoms with Gasteiger partial charge in [0.1, 0.15) is 5.82 Å². The summed E-state index contributed by atoms with van der Waals surface area (Å²) in [5, 5.41) is 6.86. The summed E-state index contributed by atoms with van der Waals surface area (Å²) in [7, 11) is 1.92. The maximum atomic E-state index is 5.60. The summed E-state index contributed by atoms with van der Waals surface area (Å²) < 4.78 is 0. The third-order valence-electron chi connectivity index (χ3n) is 2.35. The summed E-state index contributed by atoms with van der Waals surface area (Å²) in [5.74, 6) is 1.08. The van der Waals surface area contributed by atoms with Gasteiger partial charge in [-0.3, -0.25) is 5.10 Å². The second-order valence-corrected chi connectivity index (χ2v) is 3.66. The van der Waals surface area contributed by atoms with Crippen molar-refractivity contribution in [2.75, 3.05) is 17.7 Å². The van der Waals surface area contributed by atoms with Crippen LogP contribution in [0.15, 0.2) is 18.5 Å². The van der Waals surface area contributed by atoms with E-state index in [4.69, 9.17) is 5.73 Å². The highest BCUT2D eigenvalue weighted by atomic mass is 15.2. The lowest BCUT2D eigenvalue weighted by Crippen LogP contribution is -2.19. The van der Waals surface area contributed by atoms with Gasteiger partial charge in [-0.05, 0) is 13.0 Å². The standard InChI is InChI=1S/C10H14N6/c1-7-8(5-13-15-7)6-16(2)10-12-4-3-9(11)14-10/h3-5H,6H2,1-2H3,(H,13,15)(H2,11,12,14). The molecule has 0 radical (unpaired) electrons. The Morgan fingerprint density at radius 1 is 1.50 bits per heavy atom. The van der Waals surface area contributed by atoms with Crippen LogP contribution in [0.4, 0.5) is 11.8 Å². The van der Waals surface area contributed by atoms with Gasteiger partial charge in [-0.25, -0.2) is 4.98 Å². The monoisotopic (exact) mass is 218 g/mol. The van der Waals surface area contributed by atoms with Crippen molar-refractivity contribution in [3.05, 3.63) is 29.7 Å². The van der Waals surface area contributed by atoms with E-state index in [-0.39, 0.29) is 0 Å². The third-order valence-corrected chi connectivity index (χ3v) is 2.35. The van der Waals surface area contributed by atoms with Gasteiger partial charge in [-0.15, -0.1) is 0 Å². The van der Waals surface area contributed by atoms with Gasteiger partial charge in [-0.1, -0.05) is 0 Å². The molecule has 2 aromatic rings. The number of aromatic nitrogens is 4. The number of rotatable bonds is 3. The Bertz CT molecular complexity index is 478. The Labute approximate surface area is 93.5 Å². The van der Waals surface area contributed by atoms with Gasteiger partial charge in [0.25, 0.3) is 0 Å². The van der Waals surface area contributed by atoms with E-state index in [0.717, 1.165) is 11.3 Å². The van der Waals surface area contributed by atoms with Crippen molar-refractivity contribution in [2.45, 2.75) is 13.5 Å². The Hall–Kier alpha value is -2.11. The van der Waals surface area contributed by atoms with E-state index < -0.39 is 0 Å². The van der Waals surface area contributed by atoms with Crippen molar-refractivity contribution in [3.8, 4) is 0 Å².